The summed E-state index contributed by atoms with van der Waals surface area (Å²) < 4.78 is 5.72. The number of amides is 1. The third-order valence-corrected chi connectivity index (χ3v) is 4.51. The van der Waals surface area contributed by atoms with Crippen molar-refractivity contribution in [3.63, 3.8) is 0 Å². The molecule has 0 bridgehead atoms. The SMILES string of the molecule is C[C@@H]1C[NH+](CC(=O)Nc2ccccc2C(=O)c2ccccc2)C[C@H](C)O1. The lowest BCUT2D eigenvalue weighted by Crippen LogP contribution is -3.16. The van der Waals surface area contributed by atoms with Crippen LogP contribution in [0.2, 0.25) is 0 Å². The number of hydrogen-bond donors (Lipinski definition) is 2. The number of hydrogen-bond acceptors (Lipinski definition) is 3. The Morgan fingerprint density at radius 2 is 1.62 bits per heavy atom. The fourth-order valence-electron chi connectivity index (χ4n) is 3.49. The van der Waals surface area contributed by atoms with Crippen molar-refractivity contribution in [1.82, 2.24) is 0 Å². The van der Waals surface area contributed by atoms with Gasteiger partial charge in [0.15, 0.2) is 12.3 Å². The predicted octanol–water partition coefficient (Wildman–Crippen LogP) is 1.55. The van der Waals surface area contributed by atoms with Gasteiger partial charge >= 0.3 is 0 Å². The number of ether oxygens (including phenoxy) is 1. The van der Waals surface area contributed by atoms with Crippen LogP contribution in [0.25, 0.3) is 0 Å². The van der Waals surface area contributed by atoms with Gasteiger partial charge in [-0.2, -0.15) is 0 Å². The summed E-state index contributed by atoms with van der Waals surface area (Å²) in [6, 6.07) is 16.2. The Kier molecular flexibility index (Phi) is 5.81. The predicted molar refractivity (Wildman–Crippen MR) is 101 cm³/mol. The van der Waals surface area contributed by atoms with Crippen LogP contribution in [-0.2, 0) is 9.53 Å². The Morgan fingerprint density at radius 3 is 2.31 bits per heavy atom. The minimum absolute atomic E-state index is 0.0883. The standard InChI is InChI=1S/C21H24N2O3/c1-15-12-23(13-16(2)26-15)14-20(24)22-19-11-7-6-10-18(19)21(25)17-8-4-3-5-9-17/h3-11,15-16H,12-14H2,1-2H3,(H,22,24)/p+1/t15-,16+. The highest BCUT2D eigenvalue weighted by Crippen LogP contribution is 2.19. The van der Waals surface area contributed by atoms with Crippen molar-refractivity contribution in [2.24, 2.45) is 0 Å². The summed E-state index contributed by atoms with van der Waals surface area (Å²) in [6.07, 6.45) is 0.294. The molecule has 0 aromatic heterocycles. The van der Waals surface area contributed by atoms with Gasteiger partial charge in [0.25, 0.3) is 5.91 Å². The van der Waals surface area contributed by atoms with Crippen LogP contribution in [0, 0.1) is 0 Å². The van der Waals surface area contributed by atoms with Crippen molar-refractivity contribution in [2.45, 2.75) is 26.1 Å². The van der Waals surface area contributed by atoms with Crippen LogP contribution in [-0.4, -0.2) is 43.5 Å². The number of nitrogens with one attached hydrogen (secondary N) is 2. The number of rotatable bonds is 5. The summed E-state index contributed by atoms with van der Waals surface area (Å²) in [6.45, 7) is 6.04. The molecule has 0 radical (unpaired) electrons. The highest BCUT2D eigenvalue weighted by atomic mass is 16.5. The molecule has 5 nitrogen and oxygen atoms in total. The second kappa shape index (κ2) is 8.25. The molecule has 5 heteroatoms. The van der Waals surface area contributed by atoms with Crippen LogP contribution >= 0.6 is 0 Å². The van der Waals surface area contributed by atoms with E-state index >= 15 is 0 Å². The highest BCUT2D eigenvalue weighted by Gasteiger charge is 2.27. The molecule has 3 atom stereocenters. The fourth-order valence-corrected chi connectivity index (χ4v) is 3.49. The van der Waals surface area contributed by atoms with Gasteiger partial charge in [-0.15, -0.1) is 0 Å². The molecule has 0 saturated carbocycles. The largest absolute Gasteiger partial charge is 0.364 e. The molecule has 2 N–H and O–H groups in total. The van der Waals surface area contributed by atoms with Gasteiger partial charge in [0, 0.05) is 11.1 Å². The third kappa shape index (κ3) is 4.56. The van der Waals surface area contributed by atoms with E-state index in [0.29, 0.717) is 23.4 Å². The first-order chi connectivity index (χ1) is 12.5. The number of carbonyl (C=O) groups excluding carboxylic acids is 2. The van der Waals surface area contributed by atoms with E-state index in [1.807, 2.05) is 44.2 Å². The number of morpholine rings is 1. The van der Waals surface area contributed by atoms with Gasteiger partial charge < -0.3 is 15.0 Å². The molecule has 0 spiro atoms. The smallest absolute Gasteiger partial charge is 0.279 e. The Labute approximate surface area is 154 Å². The maximum absolute atomic E-state index is 12.8. The number of benzene rings is 2. The maximum atomic E-state index is 12.8. The summed E-state index contributed by atoms with van der Waals surface area (Å²) >= 11 is 0. The molecule has 1 fully saturated rings. The van der Waals surface area contributed by atoms with Gasteiger partial charge in [-0.3, -0.25) is 9.59 Å². The maximum Gasteiger partial charge on any atom is 0.279 e. The zero-order valence-electron chi connectivity index (χ0n) is 15.2. The Hall–Kier alpha value is -2.50. The van der Waals surface area contributed by atoms with Crippen LogP contribution < -0.4 is 10.2 Å². The van der Waals surface area contributed by atoms with Crippen LogP contribution in [0.15, 0.2) is 54.6 Å². The van der Waals surface area contributed by atoms with Crippen molar-refractivity contribution < 1.29 is 19.2 Å². The van der Waals surface area contributed by atoms with Gasteiger partial charge in [-0.1, -0.05) is 42.5 Å². The average molecular weight is 353 g/mol. The molecule has 1 unspecified atom stereocenters. The lowest BCUT2D eigenvalue weighted by molar-refractivity contribution is -0.907. The fraction of sp³-hybridized carbons (Fsp3) is 0.333. The quantitative estimate of drug-likeness (QED) is 0.802. The number of para-hydroxylation sites is 1. The van der Waals surface area contributed by atoms with Crippen LogP contribution in [0.4, 0.5) is 5.69 Å². The lowest BCUT2D eigenvalue weighted by Gasteiger charge is -2.31. The third-order valence-electron chi connectivity index (χ3n) is 4.51. The minimum Gasteiger partial charge on any atom is -0.364 e. The first kappa shape index (κ1) is 18.3. The van der Waals surface area contributed by atoms with Crippen molar-refractivity contribution in [3.05, 3.63) is 65.7 Å². The van der Waals surface area contributed by atoms with Crippen LogP contribution in [0.1, 0.15) is 29.8 Å². The van der Waals surface area contributed by atoms with E-state index in [1.54, 1.807) is 24.3 Å². The molecule has 1 aliphatic heterocycles. The second-order valence-corrected chi connectivity index (χ2v) is 6.88. The highest BCUT2D eigenvalue weighted by molar-refractivity contribution is 6.13. The van der Waals surface area contributed by atoms with E-state index in [-0.39, 0.29) is 23.9 Å². The Bertz CT molecular complexity index is 766. The zero-order valence-corrected chi connectivity index (χ0v) is 15.2. The van der Waals surface area contributed by atoms with Gasteiger partial charge in [0.2, 0.25) is 0 Å². The molecule has 2 aromatic carbocycles. The molecule has 2 aromatic rings. The van der Waals surface area contributed by atoms with E-state index in [4.69, 9.17) is 4.74 Å². The van der Waals surface area contributed by atoms with E-state index < -0.39 is 0 Å². The van der Waals surface area contributed by atoms with Gasteiger partial charge in [-0.05, 0) is 26.0 Å². The molecule has 1 saturated heterocycles. The van der Waals surface area contributed by atoms with Crippen molar-refractivity contribution in [3.8, 4) is 0 Å². The minimum atomic E-state index is -0.0949. The van der Waals surface area contributed by atoms with Crippen molar-refractivity contribution in [1.29, 1.82) is 0 Å². The summed E-state index contributed by atoms with van der Waals surface area (Å²) in [5.74, 6) is -0.183. The lowest BCUT2D eigenvalue weighted by atomic mass is 10.0. The zero-order chi connectivity index (χ0) is 18.5. The molecule has 1 aliphatic rings. The Balaban J connectivity index is 1.70. The topological polar surface area (TPSA) is 59.8 Å². The molecule has 1 heterocycles. The Morgan fingerprint density at radius 1 is 1.00 bits per heavy atom. The van der Waals surface area contributed by atoms with Crippen LogP contribution in [0.3, 0.4) is 0 Å². The van der Waals surface area contributed by atoms with Gasteiger partial charge in [-0.25, -0.2) is 0 Å². The normalized spacial score (nSPS) is 22.6. The van der Waals surface area contributed by atoms with E-state index in [0.717, 1.165) is 13.1 Å². The first-order valence-electron chi connectivity index (χ1n) is 9.00. The molecule has 1 amide bonds. The van der Waals surface area contributed by atoms with Crippen molar-refractivity contribution >= 4 is 17.4 Å². The number of carbonyl (C=O) groups is 2. The summed E-state index contributed by atoms with van der Waals surface area (Å²) in [5.41, 5.74) is 1.67. The molecule has 26 heavy (non-hydrogen) atoms. The van der Waals surface area contributed by atoms with Gasteiger partial charge in [0.05, 0.1) is 5.69 Å². The number of quaternary nitrogens is 1. The van der Waals surface area contributed by atoms with Crippen molar-refractivity contribution in [2.75, 3.05) is 25.0 Å². The molecule has 0 aliphatic carbocycles. The van der Waals surface area contributed by atoms with E-state index in [2.05, 4.69) is 5.32 Å². The molecule has 136 valence electrons. The monoisotopic (exact) mass is 353 g/mol. The van der Waals surface area contributed by atoms with Crippen LogP contribution in [0.5, 0.6) is 0 Å². The molecular weight excluding hydrogens is 328 g/mol. The summed E-state index contributed by atoms with van der Waals surface area (Å²) in [4.78, 5) is 26.5. The second-order valence-electron chi connectivity index (χ2n) is 6.88. The summed E-state index contributed by atoms with van der Waals surface area (Å²) in [7, 11) is 0. The van der Waals surface area contributed by atoms with E-state index in [1.165, 1.54) is 4.90 Å². The molecular formula is C21H25N2O3+. The molecule has 3 rings (SSSR count). The van der Waals surface area contributed by atoms with Gasteiger partial charge in [0.1, 0.15) is 25.3 Å². The number of ketones is 1. The summed E-state index contributed by atoms with van der Waals surface area (Å²) in [5, 5.41) is 2.92. The average Bonchev–Trinajstić information content (AvgIpc) is 2.61. The van der Waals surface area contributed by atoms with E-state index in [9.17, 15) is 9.59 Å². The number of anilines is 1. The first-order valence-corrected chi connectivity index (χ1v) is 9.00.